The number of aryl methyl sites for hydroxylation is 1. The summed E-state index contributed by atoms with van der Waals surface area (Å²) >= 11 is 2.91. The van der Waals surface area contributed by atoms with E-state index in [2.05, 4.69) is 0 Å². The van der Waals surface area contributed by atoms with Crippen LogP contribution in [0.2, 0.25) is 0 Å². The van der Waals surface area contributed by atoms with Gasteiger partial charge in [0.15, 0.2) is 0 Å². The summed E-state index contributed by atoms with van der Waals surface area (Å²) in [5.74, 6) is -0.847. The van der Waals surface area contributed by atoms with E-state index in [4.69, 9.17) is 5.73 Å². The molecule has 2 unspecified atom stereocenters. The summed E-state index contributed by atoms with van der Waals surface area (Å²) in [7, 11) is 0. The summed E-state index contributed by atoms with van der Waals surface area (Å²) in [4.78, 5) is 2.57. The summed E-state index contributed by atoms with van der Waals surface area (Å²) in [5, 5.41) is -0.0741. The number of benzene rings is 1. The zero-order chi connectivity index (χ0) is 14.0. The number of hydrogen-bond acceptors (Lipinski definition) is 3. The monoisotopic (exact) mass is 299 g/mol. The molecule has 1 aromatic heterocycles. The highest BCUT2D eigenvalue weighted by Gasteiger charge is 2.21. The Morgan fingerprint density at radius 1 is 1.21 bits per heavy atom. The van der Waals surface area contributed by atoms with Crippen LogP contribution in [0, 0.1) is 18.6 Å². The van der Waals surface area contributed by atoms with Crippen LogP contribution in [0.15, 0.2) is 35.2 Å². The van der Waals surface area contributed by atoms with Gasteiger partial charge in [-0.15, -0.1) is 23.1 Å². The van der Waals surface area contributed by atoms with E-state index < -0.39 is 11.6 Å². The van der Waals surface area contributed by atoms with Crippen LogP contribution in [0.4, 0.5) is 8.78 Å². The molecule has 2 rings (SSSR count). The summed E-state index contributed by atoms with van der Waals surface area (Å²) in [6.45, 7) is 3.89. The maximum absolute atomic E-state index is 13.7. The Morgan fingerprint density at radius 3 is 2.53 bits per heavy atom. The fourth-order valence-electron chi connectivity index (χ4n) is 1.74. The van der Waals surface area contributed by atoms with E-state index in [1.807, 2.05) is 26.0 Å². The average Bonchev–Trinajstić information content (AvgIpc) is 2.76. The van der Waals surface area contributed by atoms with Gasteiger partial charge >= 0.3 is 0 Å². The first-order valence-corrected chi connectivity index (χ1v) is 7.60. The van der Waals surface area contributed by atoms with Crippen molar-refractivity contribution in [2.24, 2.45) is 5.73 Å². The van der Waals surface area contributed by atoms with E-state index in [1.54, 1.807) is 11.3 Å². The van der Waals surface area contributed by atoms with E-state index in [1.165, 1.54) is 22.7 Å². The van der Waals surface area contributed by atoms with Gasteiger partial charge in [-0.1, -0.05) is 0 Å². The first-order chi connectivity index (χ1) is 8.97. The largest absolute Gasteiger partial charge is 0.327 e. The maximum atomic E-state index is 13.7. The minimum atomic E-state index is -0.435. The summed E-state index contributed by atoms with van der Waals surface area (Å²) in [6.07, 6.45) is 0. The lowest BCUT2D eigenvalue weighted by Gasteiger charge is -2.19. The standard InChI is InChI=1S/C14H15F2NS2/c1-8-3-6-12(18-8)14(9(2)17)19-13-7-10(15)4-5-11(13)16/h3-7,9,14H,17H2,1-2H3. The van der Waals surface area contributed by atoms with Crippen LogP contribution in [0.25, 0.3) is 0 Å². The smallest absolute Gasteiger partial charge is 0.136 e. The van der Waals surface area contributed by atoms with Crippen molar-refractivity contribution in [1.82, 2.24) is 0 Å². The SMILES string of the molecule is Cc1ccc(C(Sc2cc(F)ccc2F)C(C)N)s1. The van der Waals surface area contributed by atoms with Crippen LogP contribution in [0.3, 0.4) is 0 Å². The van der Waals surface area contributed by atoms with Crippen molar-refractivity contribution in [3.63, 3.8) is 0 Å². The van der Waals surface area contributed by atoms with Crippen molar-refractivity contribution < 1.29 is 8.78 Å². The van der Waals surface area contributed by atoms with Crippen LogP contribution in [-0.4, -0.2) is 6.04 Å². The highest BCUT2D eigenvalue weighted by Crippen LogP contribution is 2.41. The molecule has 0 bridgehead atoms. The molecule has 0 spiro atoms. The highest BCUT2D eigenvalue weighted by atomic mass is 32.2. The van der Waals surface area contributed by atoms with E-state index in [-0.39, 0.29) is 11.3 Å². The maximum Gasteiger partial charge on any atom is 0.136 e. The summed E-state index contributed by atoms with van der Waals surface area (Å²) < 4.78 is 26.9. The molecule has 1 nitrogen and oxygen atoms in total. The number of hydrogen-bond donors (Lipinski definition) is 1. The molecule has 2 atom stereocenters. The molecule has 19 heavy (non-hydrogen) atoms. The third-order valence-corrected chi connectivity index (χ3v) is 5.40. The van der Waals surface area contributed by atoms with Gasteiger partial charge in [-0.3, -0.25) is 0 Å². The lowest BCUT2D eigenvalue weighted by molar-refractivity contribution is 0.576. The van der Waals surface area contributed by atoms with Crippen LogP contribution in [0.5, 0.6) is 0 Å². The number of rotatable bonds is 4. The van der Waals surface area contributed by atoms with Gasteiger partial charge in [-0.2, -0.15) is 0 Å². The van der Waals surface area contributed by atoms with E-state index in [9.17, 15) is 8.78 Å². The fourth-order valence-corrected chi connectivity index (χ4v) is 4.04. The molecule has 5 heteroatoms. The fraction of sp³-hybridized carbons (Fsp3) is 0.286. The second-order valence-electron chi connectivity index (χ2n) is 4.42. The lowest BCUT2D eigenvalue weighted by atomic mass is 10.2. The molecule has 1 aromatic carbocycles. The molecule has 2 aromatic rings. The molecule has 0 radical (unpaired) electrons. The number of thioether (sulfide) groups is 1. The summed E-state index contributed by atoms with van der Waals surface area (Å²) in [5.41, 5.74) is 5.98. The van der Waals surface area contributed by atoms with Crippen LogP contribution in [0.1, 0.15) is 21.9 Å². The second-order valence-corrected chi connectivity index (χ2v) is 6.92. The Hall–Kier alpha value is -0.910. The second kappa shape index (κ2) is 6.03. The van der Waals surface area contributed by atoms with Gasteiger partial charge in [-0.05, 0) is 44.2 Å². The van der Waals surface area contributed by atoms with Crippen molar-refractivity contribution >= 4 is 23.1 Å². The van der Waals surface area contributed by atoms with Crippen molar-refractivity contribution in [2.75, 3.05) is 0 Å². The molecule has 0 aliphatic carbocycles. The third kappa shape index (κ3) is 3.55. The zero-order valence-corrected chi connectivity index (χ0v) is 12.3. The average molecular weight is 299 g/mol. The molecular weight excluding hydrogens is 284 g/mol. The molecule has 0 amide bonds. The van der Waals surface area contributed by atoms with E-state index >= 15 is 0 Å². The number of thiophene rings is 1. The van der Waals surface area contributed by atoms with Crippen LogP contribution >= 0.6 is 23.1 Å². The quantitative estimate of drug-likeness (QED) is 0.840. The van der Waals surface area contributed by atoms with Crippen molar-refractivity contribution in [3.8, 4) is 0 Å². The third-order valence-electron chi connectivity index (χ3n) is 2.67. The van der Waals surface area contributed by atoms with Crippen molar-refractivity contribution in [1.29, 1.82) is 0 Å². The van der Waals surface area contributed by atoms with Crippen LogP contribution in [-0.2, 0) is 0 Å². The normalized spacial score (nSPS) is 14.4. The Kier molecular flexibility index (Phi) is 4.60. The Morgan fingerprint density at radius 2 is 1.95 bits per heavy atom. The van der Waals surface area contributed by atoms with Crippen molar-refractivity contribution in [3.05, 3.63) is 51.7 Å². The molecule has 0 fully saturated rings. The summed E-state index contributed by atoms with van der Waals surface area (Å²) in [6, 6.07) is 7.35. The van der Waals surface area contributed by atoms with E-state index in [0.29, 0.717) is 4.90 Å². The molecule has 0 saturated heterocycles. The van der Waals surface area contributed by atoms with Gasteiger partial charge in [0.2, 0.25) is 0 Å². The van der Waals surface area contributed by atoms with Crippen molar-refractivity contribution in [2.45, 2.75) is 30.0 Å². The Balaban J connectivity index is 2.29. The van der Waals surface area contributed by atoms with Gasteiger partial charge in [-0.25, -0.2) is 8.78 Å². The first kappa shape index (κ1) is 14.5. The Labute approximate surface area is 119 Å². The van der Waals surface area contributed by atoms with E-state index in [0.717, 1.165) is 17.0 Å². The highest BCUT2D eigenvalue weighted by molar-refractivity contribution is 7.99. The predicted octanol–water partition coefficient (Wildman–Crippen LogP) is 4.52. The van der Waals surface area contributed by atoms with Crippen LogP contribution < -0.4 is 5.73 Å². The predicted molar refractivity (Wildman–Crippen MR) is 77.7 cm³/mol. The molecule has 0 aliphatic rings. The minimum Gasteiger partial charge on any atom is -0.327 e. The van der Waals surface area contributed by atoms with Gasteiger partial charge in [0.1, 0.15) is 11.6 Å². The lowest BCUT2D eigenvalue weighted by Crippen LogP contribution is -2.22. The van der Waals surface area contributed by atoms with Gasteiger partial charge in [0.25, 0.3) is 0 Å². The molecule has 0 aliphatic heterocycles. The Bertz CT molecular complexity index is 566. The number of halogens is 2. The van der Waals surface area contributed by atoms with Gasteiger partial charge in [0.05, 0.1) is 5.25 Å². The molecule has 0 saturated carbocycles. The minimum absolute atomic E-state index is 0.0741. The van der Waals surface area contributed by atoms with Gasteiger partial charge < -0.3 is 5.73 Å². The molecule has 102 valence electrons. The zero-order valence-electron chi connectivity index (χ0n) is 10.7. The first-order valence-electron chi connectivity index (χ1n) is 5.91. The molecule has 2 N–H and O–H groups in total. The molecule has 1 heterocycles. The van der Waals surface area contributed by atoms with Gasteiger partial charge in [0, 0.05) is 20.7 Å². The topological polar surface area (TPSA) is 26.0 Å². The molecular formula is C14H15F2NS2. The number of nitrogens with two attached hydrogens (primary N) is 1.